The molecular weight excluding hydrogens is 325 g/mol. The van der Waals surface area contributed by atoms with E-state index in [4.69, 9.17) is 0 Å². The summed E-state index contributed by atoms with van der Waals surface area (Å²) < 4.78 is 0. The molecule has 0 amide bonds. The molecule has 53 valence electrons. The average molecular weight is 325 g/mol. The fourth-order valence-electron chi connectivity index (χ4n) is 0. The molecule has 0 aliphatic heterocycles. The SMILES string of the molecule is [Fe+3].[Ni+2].[Ni+2].[Ni+2].[P-3].[P-3].[P-3]. The van der Waals surface area contributed by atoms with Gasteiger partial charge in [0.25, 0.3) is 0 Å². The molecule has 0 saturated heterocycles. The van der Waals surface area contributed by atoms with Crippen LogP contribution in [0.4, 0.5) is 0 Å². The van der Waals surface area contributed by atoms with Crippen molar-refractivity contribution in [3.63, 3.8) is 0 Å². The predicted octanol–water partition coefficient (Wildman–Crippen LogP) is 2.57. The second-order valence-electron chi connectivity index (χ2n) is 0. The van der Waals surface area contributed by atoms with E-state index < -0.39 is 0 Å². The van der Waals surface area contributed by atoms with E-state index in [1.807, 2.05) is 0 Å². The molecule has 0 bridgehead atoms. The first-order valence-electron chi connectivity index (χ1n) is 0. The summed E-state index contributed by atoms with van der Waals surface area (Å²) in [6, 6.07) is 0. The third-order valence-corrected chi connectivity index (χ3v) is 0. The Hall–Kier alpha value is 3.29. The van der Waals surface area contributed by atoms with Gasteiger partial charge in [-0.25, -0.2) is 0 Å². The molecule has 0 heterocycles. The van der Waals surface area contributed by atoms with E-state index in [1.54, 1.807) is 0 Å². The molecule has 0 aromatic carbocycles. The predicted molar refractivity (Wildman–Crippen MR) is 20.8 cm³/mol. The second-order valence-corrected chi connectivity index (χ2v) is 0. The van der Waals surface area contributed by atoms with Crippen LogP contribution in [0.25, 0.3) is 0 Å². The first-order valence-corrected chi connectivity index (χ1v) is 0. The maximum Gasteiger partial charge on any atom is 3.00 e. The monoisotopic (exact) mass is 323 g/mol. The van der Waals surface area contributed by atoms with Crippen LogP contribution in [0.15, 0.2) is 0 Å². The fourth-order valence-corrected chi connectivity index (χ4v) is 0. The zero-order valence-corrected chi connectivity index (χ0v) is 9.39. The van der Waals surface area contributed by atoms with Crippen molar-refractivity contribution in [2.45, 2.75) is 0 Å². The van der Waals surface area contributed by atoms with Crippen LogP contribution in [-0.2, 0) is 66.5 Å². The van der Waals surface area contributed by atoms with Gasteiger partial charge in [0, 0.05) is 0 Å². The van der Waals surface area contributed by atoms with Gasteiger partial charge >= 0.3 is 66.5 Å². The van der Waals surface area contributed by atoms with Crippen LogP contribution in [0, 0.1) is 0 Å². The van der Waals surface area contributed by atoms with Crippen LogP contribution in [-0.4, -0.2) is 0 Å². The number of rotatable bonds is 0. The summed E-state index contributed by atoms with van der Waals surface area (Å²) in [6.45, 7) is 0. The van der Waals surface area contributed by atoms with Gasteiger partial charge < -0.3 is 29.7 Å². The first kappa shape index (κ1) is 82.0. The Morgan fingerprint density at radius 3 is 0.429 bits per heavy atom. The van der Waals surface area contributed by atoms with E-state index in [9.17, 15) is 0 Å². The Kier molecular flexibility index (Phi) is 691. The van der Waals surface area contributed by atoms with E-state index in [1.165, 1.54) is 0 Å². The summed E-state index contributed by atoms with van der Waals surface area (Å²) in [5, 5.41) is 0. The minimum atomic E-state index is 0. The molecule has 0 aromatic heterocycles. The zero-order valence-electron chi connectivity index (χ0n) is 2.64. The largest absolute Gasteiger partial charge is 3.00 e. The molecule has 0 aliphatic rings. The molecule has 7 heteroatoms. The Labute approximate surface area is 95.4 Å². The van der Waals surface area contributed by atoms with Crippen molar-refractivity contribution < 1.29 is 66.5 Å². The van der Waals surface area contributed by atoms with Crippen molar-refractivity contribution in [3.8, 4) is 0 Å². The van der Waals surface area contributed by atoms with Gasteiger partial charge in [-0.05, 0) is 0 Å². The van der Waals surface area contributed by atoms with Gasteiger partial charge in [0.2, 0.25) is 0 Å². The van der Waals surface area contributed by atoms with Crippen LogP contribution in [0.3, 0.4) is 0 Å². The summed E-state index contributed by atoms with van der Waals surface area (Å²) in [7, 11) is 0. The molecule has 0 nitrogen and oxygen atoms in total. The van der Waals surface area contributed by atoms with Crippen LogP contribution in [0.5, 0.6) is 0 Å². The molecular formula is FeNi3P3. The molecule has 0 spiro atoms. The van der Waals surface area contributed by atoms with Crippen molar-refractivity contribution >= 4 is 29.7 Å². The summed E-state index contributed by atoms with van der Waals surface area (Å²) in [6.07, 6.45) is 0. The molecule has 0 rings (SSSR count). The minimum absolute atomic E-state index is 0. The van der Waals surface area contributed by atoms with Crippen molar-refractivity contribution in [1.82, 2.24) is 0 Å². The van der Waals surface area contributed by atoms with E-state index in [0.717, 1.165) is 0 Å². The molecule has 0 fully saturated rings. The van der Waals surface area contributed by atoms with Crippen molar-refractivity contribution in [2.75, 3.05) is 0 Å². The standard InChI is InChI=1S/Fe.3Ni.3P/q+3;3*+2;3*-3. The summed E-state index contributed by atoms with van der Waals surface area (Å²) in [4.78, 5) is 0. The summed E-state index contributed by atoms with van der Waals surface area (Å²) in [5.74, 6) is 0. The maximum absolute atomic E-state index is 0. The third-order valence-electron chi connectivity index (χ3n) is 0. The quantitative estimate of drug-likeness (QED) is 0.474. The Bertz CT molecular complexity index is 10.1. The molecule has 0 atom stereocenters. The second kappa shape index (κ2) is 59.0. The van der Waals surface area contributed by atoms with E-state index in [-0.39, 0.29) is 96.2 Å². The molecule has 0 saturated carbocycles. The normalized spacial score (nSPS) is 0. The van der Waals surface area contributed by atoms with Gasteiger partial charge in [-0.3, -0.25) is 0 Å². The van der Waals surface area contributed by atoms with Crippen LogP contribution in [0.1, 0.15) is 0 Å². The topological polar surface area (TPSA) is 0 Å². The van der Waals surface area contributed by atoms with Crippen molar-refractivity contribution in [2.24, 2.45) is 0 Å². The summed E-state index contributed by atoms with van der Waals surface area (Å²) in [5.41, 5.74) is 0. The van der Waals surface area contributed by atoms with Crippen molar-refractivity contribution in [3.05, 3.63) is 0 Å². The van der Waals surface area contributed by atoms with Gasteiger partial charge in [0.15, 0.2) is 0 Å². The molecule has 0 aromatic rings. The summed E-state index contributed by atoms with van der Waals surface area (Å²) >= 11 is 0. The van der Waals surface area contributed by atoms with Crippen molar-refractivity contribution in [1.29, 1.82) is 0 Å². The number of hydrogen-bond acceptors (Lipinski definition) is 0. The molecule has 0 aliphatic carbocycles. The smallest absolute Gasteiger partial charge is 3.00 e. The zero-order chi connectivity index (χ0) is 0. The van der Waals surface area contributed by atoms with Crippen LogP contribution < -0.4 is 0 Å². The first-order chi connectivity index (χ1) is 0. The maximum atomic E-state index is 0. The molecule has 1 radical (unpaired) electrons. The van der Waals surface area contributed by atoms with E-state index >= 15 is 0 Å². The fraction of sp³-hybridized carbons (Fsp3) is 0. The van der Waals surface area contributed by atoms with Gasteiger partial charge in [-0.2, -0.15) is 0 Å². The van der Waals surface area contributed by atoms with Crippen LogP contribution in [0.2, 0.25) is 0 Å². The van der Waals surface area contributed by atoms with Gasteiger partial charge in [-0.1, -0.05) is 0 Å². The average Bonchev–Trinajstić information content (AvgIpc) is 0. The molecule has 0 unspecified atom stereocenters. The number of hydrogen-bond donors (Lipinski definition) is 0. The Morgan fingerprint density at radius 2 is 0.429 bits per heavy atom. The third kappa shape index (κ3) is 45.6. The van der Waals surface area contributed by atoms with E-state index in [0.29, 0.717) is 0 Å². The molecule has 0 N–H and O–H groups in total. The molecule has 7 heavy (non-hydrogen) atoms. The van der Waals surface area contributed by atoms with Gasteiger partial charge in [-0.15, -0.1) is 0 Å². The van der Waals surface area contributed by atoms with Gasteiger partial charge in [0.1, 0.15) is 0 Å². The van der Waals surface area contributed by atoms with Crippen LogP contribution >= 0.6 is 29.7 Å². The van der Waals surface area contributed by atoms with Gasteiger partial charge in [0.05, 0.1) is 0 Å². The Balaban J connectivity index is 0. The van der Waals surface area contributed by atoms with E-state index in [2.05, 4.69) is 0 Å². The Morgan fingerprint density at radius 1 is 0.429 bits per heavy atom. The minimum Gasteiger partial charge on any atom is -3.00 e.